The molecule has 1 aromatic rings. The summed E-state index contributed by atoms with van der Waals surface area (Å²) in [7, 11) is 0. The van der Waals surface area contributed by atoms with Crippen LogP contribution < -0.4 is 5.32 Å². The summed E-state index contributed by atoms with van der Waals surface area (Å²) < 4.78 is 5.16. The molecule has 0 saturated heterocycles. The van der Waals surface area contributed by atoms with Gasteiger partial charge in [-0.3, -0.25) is 9.59 Å². The van der Waals surface area contributed by atoms with Crippen LogP contribution in [0.25, 0.3) is 0 Å². The number of halogens is 2. The highest BCUT2D eigenvalue weighted by molar-refractivity contribution is 6.36. The molecule has 0 heterocycles. The number of benzene rings is 1. The summed E-state index contributed by atoms with van der Waals surface area (Å²) >= 11 is 11.8. The van der Waals surface area contributed by atoms with Gasteiger partial charge in [0.05, 0.1) is 17.1 Å². The highest BCUT2D eigenvalue weighted by Gasteiger charge is 2.21. The molecule has 0 aliphatic heterocycles. The summed E-state index contributed by atoms with van der Waals surface area (Å²) in [6.07, 6.45) is 5.43. The third-order valence-electron chi connectivity index (χ3n) is 3.41. The van der Waals surface area contributed by atoms with E-state index in [2.05, 4.69) is 11.4 Å². The van der Waals surface area contributed by atoms with Crippen molar-refractivity contribution in [1.82, 2.24) is 0 Å². The number of allylic oxidation sites excluding steroid dienone is 2. The summed E-state index contributed by atoms with van der Waals surface area (Å²) in [6, 6.07) is 4.74. The van der Waals surface area contributed by atoms with Crippen molar-refractivity contribution in [2.45, 2.75) is 32.3 Å². The van der Waals surface area contributed by atoms with Crippen LogP contribution in [-0.4, -0.2) is 18.0 Å². The molecule has 1 aliphatic rings. The molecule has 0 bridgehead atoms. The molecule has 1 N–H and O–H groups in total. The molecule has 0 radical (unpaired) electrons. The van der Waals surface area contributed by atoms with Crippen molar-refractivity contribution in [2.75, 3.05) is 5.32 Å². The second-order valence-electron chi connectivity index (χ2n) is 5.22. The van der Waals surface area contributed by atoms with Gasteiger partial charge < -0.3 is 10.1 Å². The smallest absolute Gasteiger partial charge is 0.307 e. The quantitative estimate of drug-likeness (QED) is 0.644. The zero-order valence-electron chi connectivity index (χ0n) is 12.1. The van der Waals surface area contributed by atoms with Gasteiger partial charge in [-0.05, 0) is 43.9 Å². The van der Waals surface area contributed by atoms with E-state index in [4.69, 9.17) is 27.9 Å². The van der Waals surface area contributed by atoms with E-state index in [1.807, 2.05) is 6.08 Å². The number of nitrogens with one attached hydrogen (secondary N) is 1. The Morgan fingerprint density at radius 2 is 2.18 bits per heavy atom. The molecule has 4 nitrogen and oxygen atoms in total. The summed E-state index contributed by atoms with van der Waals surface area (Å²) in [5.41, 5.74) is 0.428. The van der Waals surface area contributed by atoms with Gasteiger partial charge >= 0.3 is 5.97 Å². The molecule has 1 aromatic carbocycles. The molecule has 6 heteroatoms. The number of rotatable bonds is 5. The zero-order valence-corrected chi connectivity index (χ0v) is 13.7. The fourth-order valence-electron chi connectivity index (χ4n) is 2.20. The average molecular weight is 342 g/mol. The van der Waals surface area contributed by atoms with Crippen LogP contribution in [0, 0.1) is 5.92 Å². The first-order valence-electron chi connectivity index (χ1n) is 7.08. The summed E-state index contributed by atoms with van der Waals surface area (Å²) in [5, 5.41) is 3.42. The van der Waals surface area contributed by atoms with E-state index >= 15 is 0 Å². The first-order valence-corrected chi connectivity index (χ1v) is 7.83. The van der Waals surface area contributed by atoms with Gasteiger partial charge in [0, 0.05) is 5.02 Å². The Morgan fingerprint density at radius 3 is 2.82 bits per heavy atom. The number of carbonyl (C=O) groups excluding carboxylic acids is 2. The fourth-order valence-corrected chi connectivity index (χ4v) is 2.66. The molecule has 1 aliphatic carbocycles. The molecule has 0 saturated carbocycles. The van der Waals surface area contributed by atoms with Gasteiger partial charge in [-0.15, -0.1) is 0 Å². The van der Waals surface area contributed by atoms with Crippen LogP contribution in [0.3, 0.4) is 0 Å². The van der Waals surface area contributed by atoms with E-state index in [1.165, 1.54) is 13.0 Å². The number of amides is 1. The third-order valence-corrected chi connectivity index (χ3v) is 3.96. The molecule has 118 valence electrons. The van der Waals surface area contributed by atoms with Crippen molar-refractivity contribution in [1.29, 1.82) is 0 Å². The van der Waals surface area contributed by atoms with Crippen molar-refractivity contribution >= 4 is 40.8 Å². The van der Waals surface area contributed by atoms with E-state index in [0.717, 1.165) is 12.8 Å². The maximum atomic E-state index is 12.0. The van der Waals surface area contributed by atoms with Gasteiger partial charge in [-0.1, -0.05) is 35.4 Å². The fraction of sp³-hybridized carbons (Fsp3) is 0.375. The standard InChI is InChI=1S/C16H17Cl2NO3/c1-10(22-15(20)8-11-4-2-3-5-11)16(21)19-14-7-6-12(17)9-13(14)18/h2,4,6-7,9-11H,3,5,8H2,1H3,(H,19,21)/t10-,11+/m1/s1. The van der Waals surface area contributed by atoms with Crippen LogP contribution in [0.15, 0.2) is 30.4 Å². The van der Waals surface area contributed by atoms with E-state index in [-0.39, 0.29) is 11.9 Å². The van der Waals surface area contributed by atoms with E-state index in [1.54, 1.807) is 12.1 Å². The zero-order chi connectivity index (χ0) is 16.1. The predicted molar refractivity (Wildman–Crippen MR) is 87.1 cm³/mol. The minimum absolute atomic E-state index is 0.216. The lowest BCUT2D eigenvalue weighted by Crippen LogP contribution is -2.30. The Kier molecular flexibility index (Phi) is 5.86. The van der Waals surface area contributed by atoms with Crippen molar-refractivity contribution in [3.05, 3.63) is 40.4 Å². The molecular formula is C16H17Cl2NO3. The molecule has 2 atom stereocenters. The second kappa shape index (κ2) is 7.65. The lowest BCUT2D eigenvalue weighted by Gasteiger charge is -2.15. The van der Waals surface area contributed by atoms with Crippen LogP contribution in [0.5, 0.6) is 0 Å². The van der Waals surface area contributed by atoms with Crippen molar-refractivity contribution in [3.63, 3.8) is 0 Å². The molecular weight excluding hydrogens is 325 g/mol. The van der Waals surface area contributed by atoms with Gasteiger partial charge in [0.15, 0.2) is 6.10 Å². The van der Waals surface area contributed by atoms with Crippen molar-refractivity contribution < 1.29 is 14.3 Å². The maximum Gasteiger partial charge on any atom is 0.307 e. The maximum absolute atomic E-state index is 12.0. The molecule has 0 fully saturated rings. The number of ether oxygens (including phenoxy) is 1. The third kappa shape index (κ3) is 4.75. The van der Waals surface area contributed by atoms with Gasteiger partial charge in [0.1, 0.15) is 0 Å². The highest BCUT2D eigenvalue weighted by atomic mass is 35.5. The first-order chi connectivity index (χ1) is 10.5. The molecule has 2 rings (SSSR count). The minimum atomic E-state index is -0.885. The van der Waals surface area contributed by atoms with Crippen LogP contribution in [0.4, 0.5) is 5.69 Å². The van der Waals surface area contributed by atoms with Crippen LogP contribution in [-0.2, 0) is 14.3 Å². The van der Waals surface area contributed by atoms with Gasteiger partial charge in [0.25, 0.3) is 5.91 Å². The predicted octanol–water partition coefficient (Wildman–Crippen LogP) is 4.22. The summed E-state index contributed by atoms with van der Waals surface area (Å²) in [6.45, 7) is 1.53. The van der Waals surface area contributed by atoms with Gasteiger partial charge in [0.2, 0.25) is 0 Å². The molecule has 1 amide bonds. The van der Waals surface area contributed by atoms with Crippen LogP contribution in [0.1, 0.15) is 26.2 Å². The largest absolute Gasteiger partial charge is 0.453 e. The average Bonchev–Trinajstić information content (AvgIpc) is 2.94. The highest BCUT2D eigenvalue weighted by Crippen LogP contribution is 2.25. The van der Waals surface area contributed by atoms with Crippen LogP contribution in [0.2, 0.25) is 10.0 Å². The van der Waals surface area contributed by atoms with Crippen molar-refractivity contribution in [2.24, 2.45) is 5.92 Å². The lowest BCUT2D eigenvalue weighted by atomic mass is 10.1. The van der Waals surface area contributed by atoms with E-state index in [9.17, 15) is 9.59 Å². The lowest BCUT2D eigenvalue weighted by molar-refractivity contribution is -0.153. The number of hydrogen-bond acceptors (Lipinski definition) is 3. The summed E-state index contributed by atoms with van der Waals surface area (Å²) in [5.74, 6) is -0.589. The Labute approximate surface area is 139 Å². The number of hydrogen-bond donors (Lipinski definition) is 1. The number of anilines is 1. The number of carbonyl (C=O) groups is 2. The van der Waals surface area contributed by atoms with E-state index < -0.39 is 12.0 Å². The minimum Gasteiger partial charge on any atom is -0.453 e. The Hall–Kier alpha value is -1.52. The number of esters is 1. The van der Waals surface area contributed by atoms with Crippen molar-refractivity contribution in [3.8, 4) is 0 Å². The van der Waals surface area contributed by atoms with Gasteiger partial charge in [-0.25, -0.2) is 0 Å². The molecule has 22 heavy (non-hydrogen) atoms. The first kappa shape index (κ1) is 16.8. The Morgan fingerprint density at radius 1 is 1.41 bits per heavy atom. The Bertz CT molecular complexity index is 601. The van der Waals surface area contributed by atoms with E-state index in [0.29, 0.717) is 22.2 Å². The normalized spacial score (nSPS) is 18.0. The molecule has 0 aromatic heterocycles. The summed E-state index contributed by atoms with van der Waals surface area (Å²) in [4.78, 5) is 23.8. The second-order valence-corrected chi connectivity index (χ2v) is 6.06. The molecule has 0 spiro atoms. The monoisotopic (exact) mass is 341 g/mol. The SMILES string of the molecule is C[C@@H](OC(=O)C[C@H]1C=CCC1)C(=O)Nc1ccc(Cl)cc1Cl. The molecule has 0 unspecified atom stereocenters. The van der Waals surface area contributed by atoms with Crippen LogP contribution >= 0.6 is 23.2 Å². The Balaban J connectivity index is 1.85. The van der Waals surface area contributed by atoms with Gasteiger partial charge in [-0.2, -0.15) is 0 Å². The topological polar surface area (TPSA) is 55.4 Å².